The minimum Gasteiger partial charge on any atom is -0.478 e. The van der Waals surface area contributed by atoms with Gasteiger partial charge in [0.15, 0.2) is 0 Å². The number of amides is 2. The van der Waals surface area contributed by atoms with Crippen LogP contribution in [-0.4, -0.2) is 77.8 Å². The van der Waals surface area contributed by atoms with E-state index in [4.69, 9.17) is 9.90 Å². The van der Waals surface area contributed by atoms with Crippen LogP contribution in [-0.2, 0) is 14.4 Å². The number of carbonyl (C=O) groups excluding carboxylic acids is 2. The second-order valence-electron chi connectivity index (χ2n) is 8.42. The standard InChI is InChI=1S/C23H28N4O4.C2HF3O2/c1-3-21(28)24-18-7-8-20(19(14-18)23(30)31)27-11-9-26(10-12-27)15-22(29)25-17-6-4-5-16(2)13-17;3-2(4,5)1(6)7/h4-8,13-14H,3,9-12,15H2,1-2H3,(H,24,28)(H,25,29)(H,30,31);(H,6,7). The number of alkyl halides is 3. The molecule has 0 atom stereocenters. The van der Waals surface area contributed by atoms with Gasteiger partial charge in [0.2, 0.25) is 11.8 Å². The number of hydrogen-bond acceptors (Lipinski definition) is 6. The van der Waals surface area contributed by atoms with Crippen LogP contribution in [0.15, 0.2) is 42.5 Å². The summed E-state index contributed by atoms with van der Waals surface area (Å²) < 4.78 is 31.7. The highest BCUT2D eigenvalue weighted by atomic mass is 19.4. The second-order valence-corrected chi connectivity index (χ2v) is 8.42. The maximum atomic E-state index is 12.4. The van der Waals surface area contributed by atoms with Crippen LogP contribution in [0.4, 0.5) is 30.2 Å². The van der Waals surface area contributed by atoms with Crippen LogP contribution in [0.3, 0.4) is 0 Å². The molecule has 1 aliphatic rings. The smallest absolute Gasteiger partial charge is 0.478 e. The molecule has 3 rings (SSSR count). The number of anilines is 3. The van der Waals surface area contributed by atoms with Crippen molar-refractivity contribution >= 4 is 40.8 Å². The molecule has 10 nitrogen and oxygen atoms in total. The zero-order chi connectivity index (χ0) is 28.5. The molecule has 0 saturated carbocycles. The van der Waals surface area contributed by atoms with Crippen molar-refractivity contribution in [3.05, 3.63) is 53.6 Å². The Morgan fingerprint density at radius 1 is 0.895 bits per heavy atom. The zero-order valence-electron chi connectivity index (χ0n) is 20.8. The van der Waals surface area contributed by atoms with Gasteiger partial charge in [-0.15, -0.1) is 0 Å². The number of nitrogens with one attached hydrogen (secondary N) is 2. The third-order valence-corrected chi connectivity index (χ3v) is 5.46. The number of carboxylic acid groups (broad SMARTS) is 2. The van der Waals surface area contributed by atoms with Gasteiger partial charge in [-0.3, -0.25) is 14.5 Å². The molecule has 0 aliphatic carbocycles. The minimum atomic E-state index is -5.08. The number of rotatable bonds is 7. The first-order valence-corrected chi connectivity index (χ1v) is 11.6. The molecule has 1 heterocycles. The summed E-state index contributed by atoms with van der Waals surface area (Å²) in [5.74, 6) is -4.03. The van der Waals surface area contributed by atoms with E-state index < -0.39 is 18.1 Å². The minimum absolute atomic E-state index is 0.0682. The van der Waals surface area contributed by atoms with Crippen molar-refractivity contribution in [3.8, 4) is 0 Å². The summed E-state index contributed by atoms with van der Waals surface area (Å²) in [4.78, 5) is 48.7. The Bertz CT molecular complexity index is 1160. The monoisotopic (exact) mass is 538 g/mol. The molecule has 2 aromatic carbocycles. The third-order valence-electron chi connectivity index (χ3n) is 5.46. The summed E-state index contributed by atoms with van der Waals surface area (Å²) in [6.45, 7) is 6.52. The Balaban J connectivity index is 0.000000638. The van der Waals surface area contributed by atoms with Crippen molar-refractivity contribution in [1.29, 1.82) is 0 Å². The number of carbonyl (C=O) groups is 4. The van der Waals surface area contributed by atoms with Crippen molar-refractivity contribution in [1.82, 2.24) is 4.90 Å². The van der Waals surface area contributed by atoms with Gasteiger partial charge in [-0.25, -0.2) is 9.59 Å². The predicted octanol–water partition coefficient (Wildman–Crippen LogP) is 3.44. The van der Waals surface area contributed by atoms with E-state index in [9.17, 15) is 32.7 Å². The molecule has 4 N–H and O–H groups in total. The SMILES string of the molecule is CCC(=O)Nc1ccc(N2CCN(CC(=O)Nc3cccc(C)c3)CC2)c(C(=O)O)c1.O=C(O)C(F)(F)F. The van der Waals surface area contributed by atoms with Gasteiger partial charge in [-0.2, -0.15) is 13.2 Å². The number of benzene rings is 2. The lowest BCUT2D eigenvalue weighted by Crippen LogP contribution is -2.49. The molecule has 13 heteroatoms. The number of carboxylic acids is 2. The molecule has 1 fully saturated rings. The molecular formula is C25H29F3N4O6. The first kappa shape index (κ1) is 30.1. The van der Waals surface area contributed by atoms with Crippen LogP contribution >= 0.6 is 0 Å². The molecule has 1 aliphatic heterocycles. The molecule has 2 aromatic rings. The lowest BCUT2D eigenvalue weighted by atomic mass is 10.1. The van der Waals surface area contributed by atoms with Gasteiger partial charge in [0.05, 0.1) is 17.8 Å². The average Bonchev–Trinajstić information content (AvgIpc) is 2.84. The molecular weight excluding hydrogens is 509 g/mol. The van der Waals surface area contributed by atoms with Crippen molar-refractivity contribution in [2.75, 3.05) is 48.3 Å². The fraction of sp³-hybridized carbons (Fsp3) is 0.360. The molecule has 0 unspecified atom stereocenters. The first-order chi connectivity index (χ1) is 17.8. The topological polar surface area (TPSA) is 139 Å². The molecule has 1 saturated heterocycles. The Labute approximate surface area is 217 Å². The van der Waals surface area contributed by atoms with Crippen LogP contribution < -0.4 is 15.5 Å². The van der Waals surface area contributed by atoms with Gasteiger partial charge < -0.3 is 25.7 Å². The van der Waals surface area contributed by atoms with E-state index >= 15 is 0 Å². The van der Waals surface area contributed by atoms with Crippen LogP contribution in [0.5, 0.6) is 0 Å². The summed E-state index contributed by atoms with van der Waals surface area (Å²) in [5.41, 5.74) is 3.11. The number of nitrogens with zero attached hydrogens (tertiary/aromatic N) is 2. The molecule has 2 amide bonds. The van der Waals surface area contributed by atoms with Crippen LogP contribution in [0.25, 0.3) is 0 Å². The number of hydrogen-bond donors (Lipinski definition) is 4. The maximum absolute atomic E-state index is 12.4. The number of aromatic carboxylic acids is 1. The first-order valence-electron chi connectivity index (χ1n) is 11.6. The Hall–Kier alpha value is -4.13. The van der Waals surface area contributed by atoms with Gasteiger partial charge in [-0.05, 0) is 42.8 Å². The summed E-state index contributed by atoms with van der Waals surface area (Å²) in [5, 5.41) is 22.4. The molecule has 0 radical (unpaired) electrons. The van der Waals surface area contributed by atoms with Crippen molar-refractivity contribution in [2.45, 2.75) is 26.4 Å². The van der Waals surface area contributed by atoms with Gasteiger partial charge in [-0.1, -0.05) is 19.1 Å². The quantitative estimate of drug-likeness (QED) is 0.421. The second kappa shape index (κ2) is 13.4. The summed E-state index contributed by atoms with van der Waals surface area (Å²) in [7, 11) is 0. The highest BCUT2D eigenvalue weighted by Crippen LogP contribution is 2.26. The molecule has 0 spiro atoms. The van der Waals surface area contributed by atoms with Gasteiger partial charge >= 0.3 is 18.1 Å². The van der Waals surface area contributed by atoms with Gasteiger partial charge in [0.25, 0.3) is 0 Å². The van der Waals surface area contributed by atoms with E-state index in [1.807, 2.05) is 36.1 Å². The van der Waals surface area contributed by atoms with Crippen molar-refractivity contribution < 1.29 is 42.6 Å². The molecule has 0 aromatic heterocycles. The lowest BCUT2D eigenvalue weighted by molar-refractivity contribution is -0.192. The van der Waals surface area contributed by atoms with Crippen LogP contribution in [0, 0.1) is 6.92 Å². The van der Waals surface area contributed by atoms with E-state index in [0.29, 0.717) is 44.0 Å². The normalized spacial score (nSPS) is 13.7. The molecule has 38 heavy (non-hydrogen) atoms. The van der Waals surface area contributed by atoms with E-state index in [-0.39, 0.29) is 23.9 Å². The fourth-order valence-electron chi connectivity index (χ4n) is 3.58. The van der Waals surface area contributed by atoms with E-state index in [2.05, 4.69) is 15.5 Å². The van der Waals surface area contributed by atoms with Crippen LogP contribution in [0.1, 0.15) is 29.3 Å². The fourth-order valence-corrected chi connectivity index (χ4v) is 3.58. The van der Waals surface area contributed by atoms with Crippen LogP contribution in [0.2, 0.25) is 0 Å². The number of piperazine rings is 1. The highest BCUT2D eigenvalue weighted by Gasteiger charge is 2.38. The summed E-state index contributed by atoms with van der Waals surface area (Å²) >= 11 is 0. The zero-order valence-corrected chi connectivity index (χ0v) is 20.8. The summed E-state index contributed by atoms with van der Waals surface area (Å²) in [6, 6.07) is 12.6. The average molecular weight is 539 g/mol. The third kappa shape index (κ3) is 9.39. The summed E-state index contributed by atoms with van der Waals surface area (Å²) in [6.07, 6.45) is -4.76. The Morgan fingerprint density at radius 3 is 2.00 bits per heavy atom. The Kier molecular flexibility index (Phi) is 10.6. The highest BCUT2D eigenvalue weighted by molar-refractivity contribution is 5.98. The maximum Gasteiger partial charge on any atom is 0.490 e. The number of halogens is 3. The van der Waals surface area contributed by atoms with Gasteiger partial charge in [0, 0.05) is 44.0 Å². The lowest BCUT2D eigenvalue weighted by Gasteiger charge is -2.36. The van der Waals surface area contributed by atoms with E-state index in [1.165, 1.54) is 6.07 Å². The predicted molar refractivity (Wildman–Crippen MR) is 134 cm³/mol. The number of aliphatic carboxylic acids is 1. The van der Waals surface area contributed by atoms with Crippen molar-refractivity contribution in [2.24, 2.45) is 0 Å². The molecule has 206 valence electrons. The van der Waals surface area contributed by atoms with E-state index in [1.54, 1.807) is 19.1 Å². The largest absolute Gasteiger partial charge is 0.490 e. The molecule has 0 bridgehead atoms. The van der Waals surface area contributed by atoms with Gasteiger partial charge in [0.1, 0.15) is 0 Å². The van der Waals surface area contributed by atoms with Crippen molar-refractivity contribution in [3.63, 3.8) is 0 Å². The van der Waals surface area contributed by atoms with E-state index in [0.717, 1.165) is 11.3 Å². The Morgan fingerprint density at radius 2 is 1.47 bits per heavy atom. The number of aryl methyl sites for hydroxylation is 1.